The van der Waals surface area contributed by atoms with E-state index >= 15 is 0 Å². The molecule has 257 valence electrons. The molecule has 1 unspecified atom stereocenters. The first-order valence-corrected chi connectivity index (χ1v) is 18.1. The van der Waals surface area contributed by atoms with Crippen molar-refractivity contribution >= 4 is 39.3 Å². The minimum Gasteiger partial charge on any atom is -0.459 e. The van der Waals surface area contributed by atoms with Crippen molar-refractivity contribution in [2.75, 3.05) is 45.1 Å². The van der Waals surface area contributed by atoms with Crippen molar-refractivity contribution in [2.24, 2.45) is 0 Å². The van der Waals surface area contributed by atoms with Gasteiger partial charge in [-0.1, -0.05) is 81.6 Å². The summed E-state index contributed by atoms with van der Waals surface area (Å²) in [6.07, 6.45) is 7.14. The van der Waals surface area contributed by atoms with Gasteiger partial charge in [0.05, 0.1) is 17.2 Å². The third-order valence-electron chi connectivity index (χ3n) is 9.19. The molecule has 0 saturated heterocycles. The van der Waals surface area contributed by atoms with Gasteiger partial charge in [0.15, 0.2) is 18.9 Å². The number of nitrogens with zero attached hydrogens (tertiary/aromatic N) is 2. The van der Waals surface area contributed by atoms with Gasteiger partial charge >= 0.3 is 11.9 Å². The molecule has 1 radical (unpaired) electrons. The largest absolute Gasteiger partial charge is 0.459 e. The Morgan fingerprint density at radius 2 is 1.56 bits per heavy atom. The van der Waals surface area contributed by atoms with Gasteiger partial charge in [0.1, 0.15) is 19.8 Å². The van der Waals surface area contributed by atoms with Crippen LogP contribution in [0.5, 0.6) is 0 Å². The molecule has 0 bridgehead atoms. The van der Waals surface area contributed by atoms with E-state index < -0.39 is 5.92 Å². The van der Waals surface area contributed by atoms with Crippen molar-refractivity contribution in [3.63, 3.8) is 0 Å². The molecule has 0 aliphatic heterocycles. The lowest BCUT2D eigenvalue weighted by atomic mass is 9.93. The van der Waals surface area contributed by atoms with Crippen LogP contribution < -0.4 is 10.6 Å². The second-order valence-corrected chi connectivity index (χ2v) is 13.4. The highest BCUT2D eigenvalue weighted by atomic mass is 79.9. The van der Waals surface area contributed by atoms with Crippen molar-refractivity contribution < 1.29 is 23.9 Å². The first-order valence-electron chi connectivity index (χ1n) is 17.3. The standard InChI is InChI=1S/C39H50BrN3O5/c1-4-19-42(20-22-47-38(45)28(3)30-15-12-16-31(24-30)37(44)29-13-8-6-9-14-29)21-23-48-39(46)32-25-33(36(41)35(40)26-32)27-43(5-2)34-17-10-7-11-18-34/h6,8-9,12-16,24-26,28,34H,4-5,7,10-11,17-23,27,41H2,1-3H3/q+1. The van der Waals surface area contributed by atoms with Gasteiger partial charge in [-0.15, -0.1) is 0 Å². The van der Waals surface area contributed by atoms with Crippen LogP contribution in [0.4, 0.5) is 5.69 Å². The molecule has 2 N–H and O–H groups in total. The van der Waals surface area contributed by atoms with E-state index in [2.05, 4.69) is 39.6 Å². The van der Waals surface area contributed by atoms with Gasteiger partial charge in [0.25, 0.3) is 0 Å². The number of halogens is 1. The van der Waals surface area contributed by atoms with E-state index in [1.54, 1.807) is 43.3 Å². The van der Waals surface area contributed by atoms with E-state index in [-0.39, 0.29) is 30.9 Å². The molecule has 0 aromatic heterocycles. The lowest BCUT2D eigenvalue weighted by molar-refractivity contribution is -0.145. The number of hydrogen-bond acceptors (Lipinski definition) is 8. The van der Waals surface area contributed by atoms with E-state index in [1.165, 1.54) is 32.1 Å². The number of anilines is 1. The van der Waals surface area contributed by atoms with Crippen LogP contribution in [0.1, 0.15) is 103 Å². The molecule has 4 rings (SSSR count). The SMILES string of the molecule is CCC[N+](CCOC(=O)c1cc(Br)c(N)c(CN(CC)C2CCCCC2)c1)CCOC(=O)C(C)c1cccc(C(=O)c2ccccc2)c1. The van der Waals surface area contributed by atoms with Crippen molar-refractivity contribution in [1.29, 1.82) is 0 Å². The molecular formula is C39H50BrN3O5+. The van der Waals surface area contributed by atoms with Gasteiger partial charge in [-0.2, -0.15) is 4.90 Å². The predicted molar refractivity (Wildman–Crippen MR) is 195 cm³/mol. The summed E-state index contributed by atoms with van der Waals surface area (Å²) in [6, 6.07) is 20.4. The summed E-state index contributed by atoms with van der Waals surface area (Å²) < 4.78 is 12.0. The molecule has 0 spiro atoms. The molecule has 9 heteroatoms. The van der Waals surface area contributed by atoms with E-state index in [9.17, 15) is 14.4 Å². The highest BCUT2D eigenvalue weighted by Gasteiger charge is 2.24. The van der Waals surface area contributed by atoms with Gasteiger partial charge < -0.3 is 15.2 Å². The van der Waals surface area contributed by atoms with Crippen LogP contribution in [0, 0.1) is 0 Å². The Balaban J connectivity index is 1.26. The Bertz CT molecular complexity index is 1510. The molecule has 0 heterocycles. The number of carbonyl (C=O) groups is 3. The molecular weight excluding hydrogens is 670 g/mol. The van der Waals surface area contributed by atoms with Crippen LogP contribution in [-0.4, -0.2) is 68.1 Å². The number of esters is 2. The van der Waals surface area contributed by atoms with Crippen LogP contribution in [0.25, 0.3) is 0 Å². The Morgan fingerprint density at radius 3 is 2.25 bits per heavy atom. The third-order valence-corrected chi connectivity index (χ3v) is 9.85. The maximum atomic E-state index is 13.1. The van der Waals surface area contributed by atoms with Crippen molar-refractivity contribution in [3.05, 3.63) is 99.0 Å². The Morgan fingerprint density at radius 1 is 0.875 bits per heavy atom. The molecule has 1 fully saturated rings. The van der Waals surface area contributed by atoms with Gasteiger partial charge in [-0.25, -0.2) is 4.79 Å². The Kier molecular flexibility index (Phi) is 14.7. The topological polar surface area (TPSA) is 105 Å². The average molecular weight is 721 g/mol. The molecule has 3 aromatic carbocycles. The minimum absolute atomic E-state index is 0.0869. The first kappa shape index (κ1) is 37.3. The summed E-state index contributed by atoms with van der Waals surface area (Å²) in [5, 5.41) is 0. The predicted octanol–water partition coefficient (Wildman–Crippen LogP) is 7.47. The molecule has 0 amide bonds. The zero-order valence-electron chi connectivity index (χ0n) is 28.6. The number of ketones is 1. The van der Waals surface area contributed by atoms with Gasteiger partial charge in [0, 0.05) is 28.2 Å². The Hall–Kier alpha value is -3.53. The summed E-state index contributed by atoms with van der Waals surface area (Å²) in [4.78, 5) is 43.5. The summed E-state index contributed by atoms with van der Waals surface area (Å²) in [5.41, 5.74) is 10.4. The van der Waals surface area contributed by atoms with Gasteiger partial charge in [0.2, 0.25) is 0 Å². The number of ether oxygens (including phenoxy) is 2. The van der Waals surface area contributed by atoms with E-state index in [0.29, 0.717) is 52.5 Å². The summed E-state index contributed by atoms with van der Waals surface area (Å²) >= 11 is 3.55. The average Bonchev–Trinajstić information content (AvgIpc) is 3.12. The van der Waals surface area contributed by atoms with Crippen molar-refractivity contribution in [3.8, 4) is 0 Å². The van der Waals surface area contributed by atoms with E-state index in [1.807, 2.05) is 30.3 Å². The number of hydrogen-bond donors (Lipinski definition) is 1. The van der Waals surface area contributed by atoms with Crippen LogP contribution >= 0.6 is 15.9 Å². The maximum absolute atomic E-state index is 13.1. The second kappa shape index (κ2) is 18.9. The molecule has 3 aromatic rings. The fraction of sp³-hybridized carbons (Fsp3) is 0.462. The third kappa shape index (κ3) is 10.5. The summed E-state index contributed by atoms with van der Waals surface area (Å²) in [7, 11) is 0. The fourth-order valence-corrected chi connectivity index (χ4v) is 6.83. The molecule has 8 nitrogen and oxygen atoms in total. The van der Waals surface area contributed by atoms with Crippen LogP contribution in [0.3, 0.4) is 0 Å². The van der Waals surface area contributed by atoms with Crippen LogP contribution in [0.15, 0.2) is 71.2 Å². The zero-order valence-corrected chi connectivity index (χ0v) is 30.2. The zero-order chi connectivity index (χ0) is 34.5. The number of nitrogen functional groups attached to an aromatic ring is 1. The summed E-state index contributed by atoms with van der Waals surface area (Å²) in [5.74, 6) is -1.35. The smallest absolute Gasteiger partial charge is 0.338 e. The van der Waals surface area contributed by atoms with E-state index in [0.717, 1.165) is 30.6 Å². The highest BCUT2D eigenvalue weighted by molar-refractivity contribution is 9.10. The van der Waals surface area contributed by atoms with Crippen molar-refractivity contribution in [2.45, 2.75) is 77.8 Å². The normalized spacial score (nSPS) is 14.2. The number of carbonyl (C=O) groups excluding carboxylic acids is 3. The quantitative estimate of drug-likeness (QED) is 0.0668. The highest BCUT2D eigenvalue weighted by Crippen LogP contribution is 2.30. The van der Waals surface area contributed by atoms with Crippen molar-refractivity contribution in [1.82, 2.24) is 9.80 Å². The molecule has 1 atom stereocenters. The number of nitrogens with two attached hydrogens (primary N) is 1. The minimum atomic E-state index is -0.523. The van der Waals surface area contributed by atoms with Gasteiger partial charge in [-0.05, 0) is 78.0 Å². The Labute approximate surface area is 294 Å². The lowest BCUT2D eigenvalue weighted by Gasteiger charge is -2.34. The monoisotopic (exact) mass is 719 g/mol. The molecule has 1 saturated carbocycles. The maximum Gasteiger partial charge on any atom is 0.338 e. The number of benzene rings is 3. The number of rotatable bonds is 17. The van der Waals surface area contributed by atoms with Gasteiger partial charge in [-0.3, -0.25) is 14.5 Å². The summed E-state index contributed by atoms with van der Waals surface area (Å²) in [6.45, 7) is 9.91. The first-order chi connectivity index (χ1) is 23.2. The molecule has 1 aliphatic carbocycles. The fourth-order valence-electron chi connectivity index (χ4n) is 6.33. The second-order valence-electron chi connectivity index (χ2n) is 12.6. The van der Waals surface area contributed by atoms with Crippen LogP contribution in [-0.2, 0) is 20.8 Å². The lowest BCUT2D eigenvalue weighted by Crippen LogP contribution is -2.38. The van der Waals surface area contributed by atoms with E-state index in [4.69, 9.17) is 15.2 Å². The van der Waals surface area contributed by atoms with Crippen LogP contribution in [0.2, 0.25) is 0 Å². The molecule has 48 heavy (non-hydrogen) atoms. The molecule has 1 aliphatic rings.